The van der Waals surface area contributed by atoms with Gasteiger partial charge in [0.2, 0.25) is 0 Å². The first-order chi connectivity index (χ1) is 13.8. The molecule has 0 radical (unpaired) electrons. The van der Waals surface area contributed by atoms with Crippen molar-refractivity contribution in [2.75, 3.05) is 39.8 Å². The Hall–Kier alpha value is -2.39. The standard InChI is InChI=1S/C20H26N4O4S/c1-15-4-5-17(12-16(15)13-19(25)28-3)29-23-10-8-22(9-11-23)18-6-7-20(2,14-21-18)24(26)27/h4-7,12H,8-11,13-14H2,1-3H3. The summed E-state index contributed by atoms with van der Waals surface area (Å²) in [4.78, 5) is 30.2. The molecule has 0 amide bonds. The highest BCUT2D eigenvalue weighted by Gasteiger charge is 2.36. The maximum absolute atomic E-state index is 11.6. The fourth-order valence-corrected chi connectivity index (χ4v) is 4.17. The van der Waals surface area contributed by atoms with Gasteiger partial charge in [0.05, 0.1) is 13.5 Å². The fourth-order valence-electron chi connectivity index (χ4n) is 3.20. The summed E-state index contributed by atoms with van der Waals surface area (Å²) in [6, 6.07) is 6.15. The van der Waals surface area contributed by atoms with Gasteiger partial charge in [-0.2, -0.15) is 0 Å². The van der Waals surface area contributed by atoms with Gasteiger partial charge in [-0.1, -0.05) is 6.07 Å². The van der Waals surface area contributed by atoms with Crippen LogP contribution in [0.25, 0.3) is 0 Å². The van der Waals surface area contributed by atoms with Crippen molar-refractivity contribution in [2.45, 2.75) is 30.7 Å². The SMILES string of the molecule is COC(=O)Cc1cc(SN2CCN(C3=NCC(C)([N+](=O)[O-])C=C3)CC2)ccc1C. The molecule has 1 fully saturated rings. The zero-order valence-corrected chi connectivity index (χ0v) is 17.8. The lowest BCUT2D eigenvalue weighted by molar-refractivity contribution is -0.547. The smallest absolute Gasteiger partial charge is 0.309 e. The highest BCUT2D eigenvalue weighted by Crippen LogP contribution is 2.27. The number of piperazine rings is 1. The van der Waals surface area contributed by atoms with Gasteiger partial charge in [0.15, 0.2) is 0 Å². The van der Waals surface area contributed by atoms with E-state index in [2.05, 4.69) is 26.3 Å². The van der Waals surface area contributed by atoms with Crippen LogP contribution in [-0.2, 0) is 16.0 Å². The molecular weight excluding hydrogens is 392 g/mol. The third kappa shape index (κ3) is 5.16. The third-order valence-corrected chi connectivity index (χ3v) is 6.34. The van der Waals surface area contributed by atoms with Crippen LogP contribution >= 0.6 is 11.9 Å². The third-order valence-electron chi connectivity index (χ3n) is 5.25. The normalized spacial score (nSPS) is 22.3. The van der Waals surface area contributed by atoms with Crippen LogP contribution in [0.3, 0.4) is 0 Å². The van der Waals surface area contributed by atoms with Gasteiger partial charge in [0.25, 0.3) is 5.54 Å². The van der Waals surface area contributed by atoms with Crippen LogP contribution in [0.5, 0.6) is 0 Å². The minimum atomic E-state index is -1.10. The fraction of sp³-hybridized carbons (Fsp3) is 0.500. The molecule has 29 heavy (non-hydrogen) atoms. The van der Waals surface area contributed by atoms with E-state index in [1.165, 1.54) is 7.11 Å². The van der Waals surface area contributed by atoms with Crippen LogP contribution in [-0.4, -0.2) is 71.3 Å². The summed E-state index contributed by atoms with van der Waals surface area (Å²) >= 11 is 1.68. The molecule has 0 aliphatic carbocycles. The molecule has 0 N–H and O–H groups in total. The second-order valence-corrected chi connectivity index (χ2v) is 8.64. The first-order valence-electron chi connectivity index (χ1n) is 9.53. The first-order valence-corrected chi connectivity index (χ1v) is 10.3. The second kappa shape index (κ2) is 8.96. The summed E-state index contributed by atoms with van der Waals surface area (Å²) in [5, 5.41) is 11.1. The van der Waals surface area contributed by atoms with Crippen LogP contribution < -0.4 is 0 Å². The van der Waals surface area contributed by atoms with E-state index in [1.54, 1.807) is 31.0 Å². The lowest BCUT2D eigenvalue weighted by Crippen LogP contribution is -2.48. The Labute approximate surface area is 174 Å². The van der Waals surface area contributed by atoms with Crippen molar-refractivity contribution in [1.82, 2.24) is 9.21 Å². The van der Waals surface area contributed by atoms with E-state index < -0.39 is 5.54 Å². The van der Waals surface area contributed by atoms with E-state index in [1.807, 2.05) is 13.0 Å². The lowest BCUT2D eigenvalue weighted by Gasteiger charge is -2.36. The van der Waals surface area contributed by atoms with Crippen molar-refractivity contribution in [3.8, 4) is 0 Å². The Balaban J connectivity index is 1.55. The number of hydrogen-bond acceptors (Lipinski definition) is 8. The number of rotatable bonds is 5. The quantitative estimate of drug-likeness (QED) is 0.314. The van der Waals surface area contributed by atoms with Gasteiger partial charge in [-0.15, -0.1) is 0 Å². The summed E-state index contributed by atoms with van der Waals surface area (Å²) in [5.74, 6) is 0.586. The number of aryl methyl sites for hydroxylation is 1. The van der Waals surface area contributed by atoms with E-state index in [0.29, 0.717) is 0 Å². The van der Waals surface area contributed by atoms with Crippen LogP contribution in [0.2, 0.25) is 0 Å². The molecule has 1 saturated heterocycles. The number of amidine groups is 1. The Bertz CT molecular complexity index is 849. The zero-order valence-electron chi connectivity index (χ0n) is 17.0. The summed E-state index contributed by atoms with van der Waals surface area (Å²) in [5.41, 5.74) is 0.957. The zero-order chi connectivity index (χ0) is 21.0. The van der Waals surface area contributed by atoms with Gasteiger partial charge in [-0.05, 0) is 54.3 Å². The van der Waals surface area contributed by atoms with Crippen molar-refractivity contribution >= 4 is 23.8 Å². The molecule has 1 unspecified atom stereocenters. The first kappa shape index (κ1) is 21.3. The maximum atomic E-state index is 11.6. The number of carbonyl (C=O) groups excluding carboxylic acids is 1. The van der Waals surface area contributed by atoms with Crippen molar-refractivity contribution in [2.24, 2.45) is 4.99 Å². The second-order valence-electron chi connectivity index (χ2n) is 7.47. The van der Waals surface area contributed by atoms with E-state index >= 15 is 0 Å². The number of nitrogens with zero attached hydrogens (tertiary/aromatic N) is 4. The van der Waals surface area contributed by atoms with Crippen molar-refractivity contribution in [3.05, 3.63) is 51.6 Å². The van der Waals surface area contributed by atoms with Crippen LogP contribution in [0.15, 0.2) is 40.2 Å². The molecule has 0 bridgehead atoms. The number of esters is 1. The molecule has 9 heteroatoms. The summed E-state index contributed by atoms with van der Waals surface area (Å²) in [7, 11) is 1.40. The summed E-state index contributed by atoms with van der Waals surface area (Å²) < 4.78 is 7.07. The van der Waals surface area contributed by atoms with Gasteiger partial charge in [-0.3, -0.25) is 19.9 Å². The maximum Gasteiger partial charge on any atom is 0.309 e. The molecule has 2 aliphatic rings. The molecular formula is C20H26N4O4S. The number of benzene rings is 1. The van der Waals surface area contributed by atoms with Gasteiger partial charge >= 0.3 is 5.97 Å². The molecule has 0 spiro atoms. The highest BCUT2D eigenvalue weighted by atomic mass is 32.2. The van der Waals surface area contributed by atoms with E-state index in [0.717, 1.165) is 48.0 Å². The van der Waals surface area contributed by atoms with Gasteiger partial charge in [-0.25, -0.2) is 4.31 Å². The molecule has 1 atom stereocenters. The van der Waals surface area contributed by atoms with Gasteiger partial charge < -0.3 is 9.64 Å². The summed E-state index contributed by atoms with van der Waals surface area (Å²) in [6.45, 7) is 7.09. The number of hydrogen-bond donors (Lipinski definition) is 0. The van der Waals surface area contributed by atoms with Crippen molar-refractivity contribution in [1.29, 1.82) is 0 Å². The lowest BCUT2D eigenvalue weighted by atomic mass is 10.0. The number of aliphatic imine (C=N–C) groups is 1. The monoisotopic (exact) mass is 418 g/mol. The topological polar surface area (TPSA) is 88.3 Å². The van der Waals surface area contributed by atoms with Crippen molar-refractivity contribution in [3.63, 3.8) is 0 Å². The molecule has 3 rings (SSSR count). The Kier molecular flexibility index (Phi) is 6.59. The predicted octanol–water partition coefficient (Wildman–Crippen LogP) is 2.34. The average Bonchev–Trinajstić information content (AvgIpc) is 2.71. The molecule has 8 nitrogen and oxygen atoms in total. The molecule has 0 aromatic heterocycles. The minimum Gasteiger partial charge on any atom is -0.469 e. The number of nitro groups is 1. The molecule has 2 heterocycles. The van der Waals surface area contributed by atoms with E-state index in [4.69, 9.17) is 4.74 Å². The molecule has 1 aromatic rings. The molecule has 156 valence electrons. The van der Waals surface area contributed by atoms with Gasteiger partial charge in [0, 0.05) is 42.9 Å². The number of methoxy groups -OCH3 is 1. The predicted molar refractivity (Wildman–Crippen MR) is 113 cm³/mol. The van der Waals surface area contributed by atoms with Crippen LogP contribution in [0.1, 0.15) is 18.1 Å². The average molecular weight is 419 g/mol. The van der Waals surface area contributed by atoms with E-state index in [9.17, 15) is 14.9 Å². The number of dihydropyridines is 1. The molecule has 1 aromatic carbocycles. The Morgan fingerprint density at radius 2 is 2.07 bits per heavy atom. The molecule has 0 saturated carbocycles. The van der Waals surface area contributed by atoms with Crippen LogP contribution in [0.4, 0.5) is 0 Å². The minimum absolute atomic E-state index is 0.174. The largest absolute Gasteiger partial charge is 0.469 e. The Morgan fingerprint density at radius 3 is 2.66 bits per heavy atom. The van der Waals surface area contributed by atoms with E-state index in [-0.39, 0.29) is 23.9 Å². The number of carbonyl (C=O) groups is 1. The molecule has 2 aliphatic heterocycles. The van der Waals surface area contributed by atoms with Crippen LogP contribution in [0, 0.1) is 17.0 Å². The Morgan fingerprint density at radius 1 is 1.34 bits per heavy atom. The van der Waals surface area contributed by atoms with Crippen molar-refractivity contribution < 1.29 is 14.5 Å². The van der Waals surface area contributed by atoms with Gasteiger partial charge in [0.1, 0.15) is 12.4 Å². The number of ether oxygens (including phenoxy) is 1. The highest BCUT2D eigenvalue weighted by molar-refractivity contribution is 7.97. The summed E-state index contributed by atoms with van der Waals surface area (Å²) in [6.07, 6.45) is 3.69.